The molecular weight excluding hydrogens is 248 g/mol. The second-order valence-corrected chi connectivity index (χ2v) is 6.05. The van der Waals surface area contributed by atoms with Crippen LogP contribution in [-0.4, -0.2) is 0 Å². The van der Waals surface area contributed by atoms with Crippen molar-refractivity contribution < 1.29 is 0 Å². The molecule has 0 heterocycles. The summed E-state index contributed by atoms with van der Waals surface area (Å²) in [5, 5.41) is 0. The van der Waals surface area contributed by atoms with E-state index in [0.29, 0.717) is 11.3 Å². The number of halogens is 1. The third-order valence-corrected chi connectivity index (χ3v) is 4.87. The van der Waals surface area contributed by atoms with Gasteiger partial charge in [0.2, 0.25) is 0 Å². The molecule has 0 bridgehead atoms. The van der Waals surface area contributed by atoms with Gasteiger partial charge in [-0.05, 0) is 47.8 Å². The summed E-state index contributed by atoms with van der Waals surface area (Å²) in [6.45, 7) is 7.11. The largest absolute Gasteiger partial charge is 0.0619 e. The average molecular weight is 267 g/mol. The monoisotopic (exact) mass is 266 g/mol. The van der Waals surface area contributed by atoms with Gasteiger partial charge >= 0.3 is 0 Å². The zero-order chi connectivity index (χ0) is 11.1. The fraction of sp³-hybridized carbons (Fsp3) is 0.571. The maximum Gasteiger partial charge on any atom is 0.0210 e. The maximum absolute atomic E-state index is 3.68. The Kier molecular flexibility index (Phi) is 2.94. The molecule has 82 valence electrons. The molecule has 2 rings (SSSR count). The lowest BCUT2D eigenvalue weighted by molar-refractivity contribution is 0.290. The van der Waals surface area contributed by atoms with Crippen LogP contribution in [0.3, 0.4) is 0 Å². The van der Waals surface area contributed by atoms with Crippen molar-refractivity contribution in [1.82, 2.24) is 0 Å². The van der Waals surface area contributed by atoms with E-state index >= 15 is 0 Å². The van der Waals surface area contributed by atoms with Gasteiger partial charge in [-0.25, -0.2) is 0 Å². The highest BCUT2D eigenvalue weighted by Gasteiger charge is 2.35. The van der Waals surface area contributed by atoms with E-state index < -0.39 is 0 Å². The Bertz CT molecular complexity index is 368. The van der Waals surface area contributed by atoms with Gasteiger partial charge in [-0.3, -0.25) is 0 Å². The average Bonchev–Trinajstić information content (AvgIpc) is 2.20. The predicted octanol–water partition coefficient (Wildman–Crippen LogP) is 4.70. The summed E-state index contributed by atoms with van der Waals surface area (Å²) >= 11 is 3.68. The Balaban J connectivity index is 2.56. The first-order valence-corrected chi connectivity index (χ1v) is 6.63. The molecule has 1 atom stereocenters. The summed E-state index contributed by atoms with van der Waals surface area (Å²) in [6.07, 6.45) is 3.89. The fourth-order valence-corrected chi connectivity index (χ4v) is 3.28. The first kappa shape index (κ1) is 11.2. The van der Waals surface area contributed by atoms with E-state index in [9.17, 15) is 0 Å². The van der Waals surface area contributed by atoms with Crippen LogP contribution < -0.4 is 0 Å². The molecule has 0 nitrogen and oxygen atoms in total. The predicted molar refractivity (Wildman–Crippen MR) is 69.3 cm³/mol. The van der Waals surface area contributed by atoms with Gasteiger partial charge in [0.1, 0.15) is 0 Å². The molecule has 0 radical (unpaired) electrons. The Morgan fingerprint density at radius 2 is 2.07 bits per heavy atom. The molecule has 0 saturated heterocycles. The van der Waals surface area contributed by atoms with Gasteiger partial charge in [0.15, 0.2) is 0 Å². The summed E-state index contributed by atoms with van der Waals surface area (Å²) in [6, 6.07) is 6.67. The molecule has 15 heavy (non-hydrogen) atoms. The van der Waals surface area contributed by atoms with Crippen molar-refractivity contribution in [1.29, 1.82) is 0 Å². The van der Waals surface area contributed by atoms with Gasteiger partial charge in [0, 0.05) is 4.47 Å². The lowest BCUT2D eigenvalue weighted by Crippen LogP contribution is -2.33. The fourth-order valence-electron chi connectivity index (χ4n) is 2.71. The molecule has 0 fully saturated rings. The quantitative estimate of drug-likeness (QED) is 0.692. The van der Waals surface area contributed by atoms with Gasteiger partial charge in [-0.1, -0.05) is 48.8 Å². The third kappa shape index (κ3) is 1.75. The molecule has 1 aromatic carbocycles. The topological polar surface area (TPSA) is 0 Å². The van der Waals surface area contributed by atoms with Crippen LogP contribution in [0.4, 0.5) is 0 Å². The van der Waals surface area contributed by atoms with E-state index in [4.69, 9.17) is 0 Å². The number of benzene rings is 1. The highest BCUT2D eigenvalue weighted by Crippen LogP contribution is 2.44. The Morgan fingerprint density at radius 1 is 1.33 bits per heavy atom. The molecule has 0 aromatic heterocycles. The second-order valence-electron chi connectivity index (χ2n) is 5.19. The van der Waals surface area contributed by atoms with Gasteiger partial charge in [-0.2, -0.15) is 0 Å². The van der Waals surface area contributed by atoms with Crippen LogP contribution in [0.2, 0.25) is 0 Å². The van der Waals surface area contributed by atoms with E-state index in [2.05, 4.69) is 54.9 Å². The van der Waals surface area contributed by atoms with Crippen LogP contribution in [0.1, 0.15) is 44.7 Å². The van der Waals surface area contributed by atoms with E-state index in [-0.39, 0.29) is 0 Å². The molecule has 1 heteroatoms. The zero-order valence-electron chi connectivity index (χ0n) is 9.81. The van der Waals surface area contributed by atoms with Crippen molar-refractivity contribution in [3.05, 3.63) is 33.8 Å². The van der Waals surface area contributed by atoms with E-state index in [1.165, 1.54) is 23.7 Å². The second kappa shape index (κ2) is 3.93. The summed E-state index contributed by atoms with van der Waals surface area (Å²) in [4.78, 5) is 0. The molecule has 0 N–H and O–H groups in total. The van der Waals surface area contributed by atoms with Crippen LogP contribution >= 0.6 is 15.9 Å². The number of rotatable bonds is 1. The zero-order valence-corrected chi connectivity index (χ0v) is 11.4. The van der Waals surface area contributed by atoms with E-state index in [1.807, 2.05) is 0 Å². The first-order chi connectivity index (χ1) is 7.05. The SMILES string of the molecule is CC(C)C1(C)CCCc2c(Br)cccc21. The molecule has 1 aromatic rings. The van der Waals surface area contributed by atoms with Crippen LogP contribution in [0.15, 0.2) is 22.7 Å². The Hall–Kier alpha value is -0.300. The summed E-state index contributed by atoms with van der Waals surface area (Å²) in [7, 11) is 0. The van der Waals surface area contributed by atoms with Crippen molar-refractivity contribution in [2.75, 3.05) is 0 Å². The molecule has 0 spiro atoms. The molecule has 1 aliphatic rings. The van der Waals surface area contributed by atoms with Crippen molar-refractivity contribution in [3.63, 3.8) is 0 Å². The van der Waals surface area contributed by atoms with Crippen LogP contribution in [0.5, 0.6) is 0 Å². The Morgan fingerprint density at radius 3 is 2.73 bits per heavy atom. The number of fused-ring (bicyclic) bond motifs is 1. The van der Waals surface area contributed by atoms with Gasteiger partial charge < -0.3 is 0 Å². The van der Waals surface area contributed by atoms with E-state index in [0.717, 1.165) is 0 Å². The molecule has 0 aliphatic heterocycles. The summed E-state index contributed by atoms with van der Waals surface area (Å²) in [5.74, 6) is 0.714. The lowest BCUT2D eigenvalue weighted by Gasteiger charge is -2.40. The van der Waals surface area contributed by atoms with Crippen molar-refractivity contribution in [2.24, 2.45) is 5.92 Å². The third-order valence-electron chi connectivity index (χ3n) is 4.13. The molecule has 0 amide bonds. The number of hydrogen-bond acceptors (Lipinski definition) is 0. The van der Waals surface area contributed by atoms with Crippen molar-refractivity contribution in [2.45, 2.75) is 45.4 Å². The smallest absolute Gasteiger partial charge is 0.0210 e. The van der Waals surface area contributed by atoms with E-state index in [1.54, 1.807) is 11.1 Å². The first-order valence-electron chi connectivity index (χ1n) is 5.83. The molecule has 0 saturated carbocycles. The van der Waals surface area contributed by atoms with Gasteiger partial charge in [0.05, 0.1) is 0 Å². The highest BCUT2D eigenvalue weighted by atomic mass is 79.9. The summed E-state index contributed by atoms with van der Waals surface area (Å²) in [5.41, 5.74) is 3.48. The number of hydrogen-bond donors (Lipinski definition) is 0. The van der Waals surface area contributed by atoms with Gasteiger partial charge in [0.25, 0.3) is 0 Å². The maximum atomic E-state index is 3.68. The minimum absolute atomic E-state index is 0.372. The van der Waals surface area contributed by atoms with Crippen LogP contribution in [0, 0.1) is 5.92 Å². The van der Waals surface area contributed by atoms with Crippen LogP contribution in [0.25, 0.3) is 0 Å². The minimum Gasteiger partial charge on any atom is -0.0619 e. The highest BCUT2D eigenvalue weighted by molar-refractivity contribution is 9.10. The molecular formula is C14H19Br. The minimum atomic E-state index is 0.372. The van der Waals surface area contributed by atoms with Crippen molar-refractivity contribution >= 4 is 15.9 Å². The van der Waals surface area contributed by atoms with Crippen molar-refractivity contribution in [3.8, 4) is 0 Å². The Labute approximate surface area is 101 Å². The summed E-state index contributed by atoms with van der Waals surface area (Å²) < 4.78 is 1.30. The van der Waals surface area contributed by atoms with Gasteiger partial charge in [-0.15, -0.1) is 0 Å². The molecule has 1 unspecified atom stereocenters. The standard InChI is InChI=1S/C14H19Br/c1-10(2)14(3)9-5-6-11-12(14)7-4-8-13(11)15/h4,7-8,10H,5-6,9H2,1-3H3. The molecule has 1 aliphatic carbocycles. The van der Waals surface area contributed by atoms with Crippen LogP contribution in [-0.2, 0) is 11.8 Å². The normalized spacial score (nSPS) is 25.4. The lowest BCUT2D eigenvalue weighted by atomic mass is 9.65.